The summed E-state index contributed by atoms with van der Waals surface area (Å²) in [6, 6.07) is -0.169. The van der Waals surface area contributed by atoms with E-state index in [4.69, 9.17) is 10.3 Å². The molecule has 3 N–H and O–H groups in total. The van der Waals surface area contributed by atoms with Crippen LogP contribution in [0.5, 0.6) is 0 Å². The average molecular weight is 212 g/mol. The van der Waals surface area contributed by atoms with Crippen molar-refractivity contribution in [2.75, 3.05) is 0 Å². The standard InChI is InChI=1S/C9H16N4O2/c1-5(6(2)10)9(14)11-4-8-12-7(3)15-13-8/h5-6H,4,10H2,1-3H3,(H,11,14). The Morgan fingerprint density at radius 1 is 1.60 bits per heavy atom. The Hall–Kier alpha value is -1.43. The lowest BCUT2D eigenvalue weighted by Crippen LogP contribution is -2.38. The lowest BCUT2D eigenvalue weighted by atomic mass is 10.0. The predicted octanol–water partition coefficient (Wildman–Crippen LogP) is -0.0225. The Labute approximate surface area is 88.2 Å². The number of carbonyl (C=O) groups excluding carboxylic acids is 1. The number of amides is 1. The van der Waals surface area contributed by atoms with Crippen molar-refractivity contribution in [3.63, 3.8) is 0 Å². The van der Waals surface area contributed by atoms with Crippen LogP contribution in [0.1, 0.15) is 25.6 Å². The molecule has 1 heterocycles. The minimum Gasteiger partial charge on any atom is -0.348 e. The second-order valence-electron chi connectivity index (χ2n) is 3.60. The molecule has 0 aliphatic carbocycles. The highest BCUT2D eigenvalue weighted by atomic mass is 16.5. The van der Waals surface area contributed by atoms with Gasteiger partial charge in [0.05, 0.1) is 6.54 Å². The first-order chi connectivity index (χ1) is 7.00. The first-order valence-electron chi connectivity index (χ1n) is 4.83. The van der Waals surface area contributed by atoms with Gasteiger partial charge in [-0.25, -0.2) is 0 Å². The molecule has 6 heteroatoms. The largest absolute Gasteiger partial charge is 0.348 e. The number of aryl methyl sites for hydroxylation is 1. The van der Waals surface area contributed by atoms with E-state index in [1.807, 2.05) is 0 Å². The van der Waals surface area contributed by atoms with Crippen LogP contribution in [-0.4, -0.2) is 22.1 Å². The summed E-state index contributed by atoms with van der Waals surface area (Å²) in [6.07, 6.45) is 0. The minimum absolute atomic E-state index is 0.104. The molecule has 1 aromatic heterocycles. The molecule has 15 heavy (non-hydrogen) atoms. The Morgan fingerprint density at radius 3 is 2.73 bits per heavy atom. The molecule has 0 radical (unpaired) electrons. The molecule has 2 unspecified atom stereocenters. The second kappa shape index (κ2) is 4.88. The normalized spacial score (nSPS) is 14.7. The molecule has 6 nitrogen and oxygen atoms in total. The first-order valence-corrected chi connectivity index (χ1v) is 4.83. The molecule has 84 valence electrons. The van der Waals surface area contributed by atoms with Gasteiger partial charge in [0.15, 0.2) is 5.82 Å². The molecule has 0 saturated carbocycles. The van der Waals surface area contributed by atoms with Crippen LogP contribution >= 0.6 is 0 Å². The minimum atomic E-state index is -0.224. The fourth-order valence-corrected chi connectivity index (χ4v) is 0.979. The SMILES string of the molecule is Cc1nc(CNC(=O)C(C)C(C)N)no1. The molecule has 1 amide bonds. The summed E-state index contributed by atoms with van der Waals surface area (Å²) in [5.74, 6) is 0.627. The van der Waals surface area contributed by atoms with Gasteiger partial charge in [-0.3, -0.25) is 4.79 Å². The van der Waals surface area contributed by atoms with E-state index in [9.17, 15) is 4.79 Å². The summed E-state index contributed by atoms with van der Waals surface area (Å²) in [5.41, 5.74) is 5.60. The summed E-state index contributed by atoms with van der Waals surface area (Å²) in [4.78, 5) is 15.5. The van der Waals surface area contributed by atoms with Crippen LogP contribution in [0.25, 0.3) is 0 Å². The van der Waals surface area contributed by atoms with Crippen LogP contribution in [0.2, 0.25) is 0 Å². The van der Waals surface area contributed by atoms with E-state index < -0.39 is 0 Å². The summed E-state index contributed by atoms with van der Waals surface area (Å²) in [6.45, 7) is 5.54. The third-order valence-electron chi connectivity index (χ3n) is 2.19. The fourth-order valence-electron chi connectivity index (χ4n) is 0.979. The van der Waals surface area contributed by atoms with E-state index in [0.29, 0.717) is 11.7 Å². The van der Waals surface area contributed by atoms with Crippen LogP contribution in [-0.2, 0) is 11.3 Å². The Bertz CT molecular complexity index is 335. The van der Waals surface area contributed by atoms with E-state index in [1.54, 1.807) is 20.8 Å². The lowest BCUT2D eigenvalue weighted by molar-refractivity contribution is -0.125. The second-order valence-corrected chi connectivity index (χ2v) is 3.60. The number of nitrogens with one attached hydrogen (secondary N) is 1. The van der Waals surface area contributed by atoms with E-state index >= 15 is 0 Å². The maximum Gasteiger partial charge on any atom is 0.224 e. The number of hydrogen-bond acceptors (Lipinski definition) is 5. The maximum absolute atomic E-state index is 11.5. The van der Waals surface area contributed by atoms with Crippen molar-refractivity contribution < 1.29 is 9.32 Å². The first kappa shape index (κ1) is 11.6. The van der Waals surface area contributed by atoms with Gasteiger partial charge < -0.3 is 15.6 Å². The predicted molar refractivity (Wildman–Crippen MR) is 53.7 cm³/mol. The van der Waals surface area contributed by atoms with Crippen LogP contribution < -0.4 is 11.1 Å². The van der Waals surface area contributed by atoms with Crippen LogP contribution in [0, 0.1) is 12.8 Å². The number of nitrogens with zero attached hydrogens (tertiary/aromatic N) is 2. The maximum atomic E-state index is 11.5. The third-order valence-corrected chi connectivity index (χ3v) is 2.19. The highest BCUT2D eigenvalue weighted by Gasteiger charge is 2.17. The van der Waals surface area contributed by atoms with Crippen molar-refractivity contribution in [2.45, 2.75) is 33.4 Å². The van der Waals surface area contributed by atoms with Gasteiger partial charge in [-0.1, -0.05) is 12.1 Å². The van der Waals surface area contributed by atoms with Crippen molar-refractivity contribution in [3.05, 3.63) is 11.7 Å². The van der Waals surface area contributed by atoms with Crippen molar-refractivity contribution in [2.24, 2.45) is 11.7 Å². The monoisotopic (exact) mass is 212 g/mol. The van der Waals surface area contributed by atoms with E-state index in [-0.39, 0.29) is 24.4 Å². The van der Waals surface area contributed by atoms with Gasteiger partial charge >= 0.3 is 0 Å². The van der Waals surface area contributed by atoms with Crippen LogP contribution in [0.4, 0.5) is 0 Å². The quantitative estimate of drug-likeness (QED) is 0.731. The number of nitrogens with two attached hydrogens (primary N) is 1. The van der Waals surface area contributed by atoms with E-state index in [2.05, 4.69) is 15.5 Å². The highest BCUT2D eigenvalue weighted by Crippen LogP contribution is 2.00. The molecule has 2 atom stereocenters. The van der Waals surface area contributed by atoms with Crippen LogP contribution in [0.15, 0.2) is 4.52 Å². The number of aromatic nitrogens is 2. The molecule has 0 bridgehead atoms. The van der Waals surface area contributed by atoms with E-state index in [1.165, 1.54) is 0 Å². The van der Waals surface area contributed by atoms with Crippen molar-refractivity contribution in [3.8, 4) is 0 Å². The molecule has 0 spiro atoms. The molecule has 0 saturated heterocycles. The van der Waals surface area contributed by atoms with E-state index in [0.717, 1.165) is 0 Å². The summed E-state index contributed by atoms with van der Waals surface area (Å²) in [7, 11) is 0. The van der Waals surface area contributed by atoms with Gasteiger partial charge in [-0.15, -0.1) is 0 Å². The van der Waals surface area contributed by atoms with Gasteiger partial charge in [0.2, 0.25) is 11.8 Å². The molecular weight excluding hydrogens is 196 g/mol. The molecule has 0 fully saturated rings. The highest BCUT2D eigenvalue weighted by molar-refractivity contribution is 5.78. The zero-order chi connectivity index (χ0) is 11.4. The van der Waals surface area contributed by atoms with Gasteiger partial charge in [0.1, 0.15) is 0 Å². The summed E-state index contributed by atoms with van der Waals surface area (Å²) < 4.78 is 4.77. The Balaban J connectivity index is 2.40. The zero-order valence-corrected chi connectivity index (χ0v) is 9.15. The molecule has 1 aromatic rings. The molecule has 0 aliphatic rings. The summed E-state index contributed by atoms with van der Waals surface area (Å²) in [5, 5.41) is 6.35. The number of carbonyl (C=O) groups is 1. The topological polar surface area (TPSA) is 94.0 Å². The molecule has 1 rings (SSSR count). The van der Waals surface area contributed by atoms with Gasteiger partial charge in [0.25, 0.3) is 0 Å². The molecule has 0 aliphatic heterocycles. The van der Waals surface area contributed by atoms with Crippen LogP contribution in [0.3, 0.4) is 0 Å². The Morgan fingerprint density at radius 2 is 2.27 bits per heavy atom. The van der Waals surface area contributed by atoms with Crippen molar-refractivity contribution in [1.82, 2.24) is 15.5 Å². The molecule has 0 aromatic carbocycles. The summed E-state index contributed by atoms with van der Waals surface area (Å²) >= 11 is 0. The van der Waals surface area contributed by atoms with Gasteiger partial charge in [-0.2, -0.15) is 4.98 Å². The fraction of sp³-hybridized carbons (Fsp3) is 0.667. The van der Waals surface area contributed by atoms with Gasteiger partial charge in [-0.05, 0) is 6.92 Å². The average Bonchev–Trinajstić information content (AvgIpc) is 2.59. The Kier molecular flexibility index (Phi) is 3.79. The zero-order valence-electron chi connectivity index (χ0n) is 9.15. The number of rotatable bonds is 4. The number of hydrogen-bond donors (Lipinski definition) is 2. The third kappa shape index (κ3) is 3.32. The molecular formula is C9H16N4O2. The smallest absolute Gasteiger partial charge is 0.224 e. The van der Waals surface area contributed by atoms with Crippen molar-refractivity contribution >= 4 is 5.91 Å². The van der Waals surface area contributed by atoms with Gasteiger partial charge in [0, 0.05) is 18.9 Å². The van der Waals surface area contributed by atoms with Crippen molar-refractivity contribution in [1.29, 1.82) is 0 Å². The lowest BCUT2D eigenvalue weighted by Gasteiger charge is -2.14.